The zero-order chi connectivity index (χ0) is 22.3. The van der Waals surface area contributed by atoms with Crippen LogP contribution in [0.5, 0.6) is 0 Å². The third kappa shape index (κ3) is 19.3. The van der Waals surface area contributed by atoms with Gasteiger partial charge in [0.05, 0.1) is 6.61 Å². The van der Waals surface area contributed by atoms with Crippen molar-refractivity contribution >= 4 is 17.2 Å². The molecule has 0 fully saturated rings. The molecule has 30 heavy (non-hydrogen) atoms. The van der Waals surface area contributed by atoms with E-state index in [0.29, 0.717) is 17.2 Å². The van der Waals surface area contributed by atoms with Crippen LogP contribution in [-0.2, 0) is 23.7 Å². The van der Waals surface area contributed by atoms with Crippen LogP contribution in [0, 0.1) is 0 Å². The van der Waals surface area contributed by atoms with Crippen molar-refractivity contribution in [3.05, 3.63) is 0 Å². The Kier molecular flexibility index (Phi) is 24.8. The van der Waals surface area contributed by atoms with Gasteiger partial charge in [-0.1, -0.05) is 44.9 Å². The minimum atomic E-state index is -0.0465. The zero-order valence-corrected chi connectivity index (χ0v) is 22.2. The molecule has 0 saturated carbocycles. The Labute approximate surface area is 190 Å². The molecule has 0 bridgehead atoms. The molecule has 0 aliphatic carbocycles. The second-order valence-electron chi connectivity index (χ2n) is 7.09. The number of hydrogen-bond donors (Lipinski definition) is 0. The van der Waals surface area contributed by atoms with Crippen molar-refractivity contribution in [2.75, 3.05) is 71.6 Å². The standard InChI is InChI=1S/C22H49NO5P2/c1-6-14-25-21(26-15-7-2)29-19-12-23(11-18-24-10-5)13-20-30-22(27-16-8-3)28-17-9-4/h21-22,29-30H,6-20H2,1-5H3. The van der Waals surface area contributed by atoms with Gasteiger partial charge < -0.3 is 28.6 Å². The van der Waals surface area contributed by atoms with Crippen LogP contribution in [0.4, 0.5) is 0 Å². The van der Waals surface area contributed by atoms with E-state index in [0.717, 1.165) is 97.3 Å². The lowest BCUT2D eigenvalue weighted by Gasteiger charge is -2.25. The Morgan fingerprint density at radius 1 is 0.567 bits per heavy atom. The fourth-order valence-corrected chi connectivity index (χ4v) is 4.89. The molecule has 0 aliphatic rings. The quantitative estimate of drug-likeness (QED) is 0.113. The summed E-state index contributed by atoms with van der Waals surface area (Å²) < 4.78 is 29.1. The van der Waals surface area contributed by atoms with Gasteiger partial charge in [0, 0.05) is 52.7 Å². The second kappa shape index (κ2) is 24.3. The van der Waals surface area contributed by atoms with Crippen LogP contribution < -0.4 is 0 Å². The van der Waals surface area contributed by atoms with Crippen molar-refractivity contribution in [2.24, 2.45) is 0 Å². The molecule has 2 atom stereocenters. The van der Waals surface area contributed by atoms with Gasteiger partial charge in [0.25, 0.3) is 0 Å². The monoisotopic (exact) mass is 469 g/mol. The van der Waals surface area contributed by atoms with E-state index in [9.17, 15) is 0 Å². The van der Waals surface area contributed by atoms with Crippen LogP contribution in [0.25, 0.3) is 0 Å². The van der Waals surface area contributed by atoms with Crippen molar-refractivity contribution in [1.29, 1.82) is 0 Å². The van der Waals surface area contributed by atoms with Crippen molar-refractivity contribution in [2.45, 2.75) is 72.4 Å². The summed E-state index contributed by atoms with van der Waals surface area (Å²) in [6.45, 7) is 18.3. The van der Waals surface area contributed by atoms with E-state index in [2.05, 4.69) is 39.5 Å². The van der Waals surface area contributed by atoms with Gasteiger partial charge in [-0.3, -0.25) is 0 Å². The minimum Gasteiger partial charge on any atom is -0.380 e. The topological polar surface area (TPSA) is 49.4 Å². The first-order valence-corrected chi connectivity index (χ1v) is 14.5. The fraction of sp³-hybridized carbons (Fsp3) is 1.00. The van der Waals surface area contributed by atoms with Crippen molar-refractivity contribution in [3.8, 4) is 0 Å². The number of rotatable bonds is 24. The van der Waals surface area contributed by atoms with Crippen molar-refractivity contribution in [3.63, 3.8) is 0 Å². The second-order valence-corrected chi connectivity index (χ2v) is 9.85. The molecule has 0 amide bonds. The van der Waals surface area contributed by atoms with Gasteiger partial charge in [0.2, 0.25) is 0 Å². The van der Waals surface area contributed by atoms with Crippen LogP contribution in [0.15, 0.2) is 0 Å². The normalized spacial score (nSPS) is 12.8. The maximum Gasteiger partial charge on any atom is 0.173 e. The fourth-order valence-electron chi connectivity index (χ4n) is 2.59. The molecule has 0 radical (unpaired) electrons. The molecule has 0 saturated heterocycles. The maximum atomic E-state index is 5.88. The van der Waals surface area contributed by atoms with E-state index in [1.807, 2.05) is 0 Å². The maximum absolute atomic E-state index is 5.88. The van der Waals surface area contributed by atoms with Gasteiger partial charge >= 0.3 is 0 Å². The summed E-state index contributed by atoms with van der Waals surface area (Å²) in [7, 11) is 1.33. The summed E-state index contributed by atoms with van der Waals surface area (Å²) in [5.41, 5.74) is 0. The van der Waals surface area contributed by atoms with Crippen LogP contribution in [0.2, 0.25) is 0 Å². The largest absolute Gasteiger partial charge is 0.380 e. The summed E-state index contributed by atoms with van der Waals surface area (Å²) in [4.78, 5) is 2.50. The highest BCUT2D eigenvalue weighted by Crippen LogP contribution is 2.24. The summed E-state index contributed by atoms with van der Waals surface area (Å²) in [5.74, 6) is 0. The van der Waals surface area contributed by atoms with E-state index >= 15 is 0 Å². The van der Waals surface area contributed by atoms with Crippen LogP contribution in [-0.4, -0.2) is 88.6 Å². The Morgan fingerprint density at radius 3 is 1.30 bits per heavy atom. The molecular formula is C22H49NO5P2. The van der Waals surface area contributed by atoms with Gasteiger partial charge in [-0.15, -0.1) is 0 Å². The van der Waals surface area contributed by atoms with Crippen molar-refractivity contribution in [1.82, 2.24) is 4.90 Å². The molecule has 2 unspecified atom stereocenters. The molecule has 0 aromatic heterocycles. The van der Waals surface area contributed by atoms with Gasteiger partial charge in [0.1, 0.15) is 0 Å². The molecule has 0 aromatic rings. The van der Waals surface area contributed by atoms with E-state index in [4.69, 9.17) is 23.7 Å². The Morgan fingerprint density at radius 2 is 0.967 bits per heavy atom. The Balaban J connectivity index is 4.40. The molecule has 0 heterocycles. The average molecular weight is 470 g/mol. The first kappa shape index (κ1) is 30.6. The Hall–Kier alpha value is 0.620. The summed E-state index contributed by atoms with van der Waals surface area (Å²) in [6, 6.07) is -0.0930. The molecule has 0 N–H and O–H groups in total. The first-order chi connectivity index (χ1) is 14.7. The predicted molar refractivity (Wildman–Crippen MR) is 132 cm³/mol. The minimum absolute atomic E-state index is 0.0465. The predicted octanol–water partition coefficient (Wildman–Crippen LogP) is 4.96. The van der Waals surface area contributed by atoms with Crippen LogP contribution in [0.1, 0.15) is 60.3 Å². The smallest absolute Gasteiger partial charge is 0.173 e. The van der Waals surface area contributed by atoms with Gasteiger partial charge in [-0.25, -0.2) is 0 Å². The van der Waals surface area contributed by atoms with E-state index in [1.165, 1.54) is 0 Å². The molecular weight excluding hydrogens is 420 g/mol. The van der Waals surface area contributed by atoms with Gasteiger partial charge in [-0.2, -0.15) is 0 Å². The highest BCUT2D eigenvalue weighted by Gasteiger charge is 2.13. The van der Waals surface area contributed by atoms with E-state index < -0.39 is 0 Å². The SMILES string of the molecule is CCCOC(OCCC)PCCN(CCOCC)CCPC(OCCC)OCCC. The molecule has 6 nitrogen and oxygen atoms in total. The first-order valence-electron chi connectivity index (χ1n) is 11.9. The number of hydrogen-bond acceptors (Lipinski definition) is 6. The molecule has 0 aromatic carbocycles. The third-order valence-corrected chi connectivity index (χ3v) is 6.49. The average Bonchev–Trinajstić information content (AvgIpc) is 2.76. The summed E-state index contributed by atoms with van der Waals surface area (Å²) >= 11 is 0. The van der Waals surface area contributed by atoms with Gasteiger partial charge in [-0.05, 0) is 44.9 Å². The zero-order valence-electron chi connectivity index (χ0n) is 20.2. The van der Waals surface area contributed by atoms with Gasteiger partial charge in [0.15, 0.2) is 12.1 Å². The molecule has 0 aliphatic heterocycles. The number of nitrogens with zero attached hydrogens (tertiary/aromatic N) is 1. The van der Waals surface area contributed by atoms with E-state index in [-0.39, 0.29) is 12.1 Å². The lowest BCUT2D eigenvalue weighted by molar-refractivity contribution is -0.0843. The summed E-state index contributed by atoms with van der Waals surface area (Å²) in [5, 5.41) is 0. The molecule has 0 rings (SSSR count). The third-order valence-electron chi connectivity index (χ3n) is 4.13. The molecule has 182 valence electrons. The highest BCUT2D eigenvalue weighted by molar-refractivity contribution is 7.38. The lowest BCUT2D eigenvalue weighted by atomic mass is 10.5. The van der Waals surface area contributed by atoms with E-state index in [1.54, 1.807) is 0 Å². The Bertz CT molecular complexity index is 301. The van der Waals surface area contributed by atoms with Crippen molar-refractivity contribution < 1.29 is 23.7 Å². The molecule has 0 spiro atoms. The summed E-state index contributed by atoms with van der Waals surface area (Å²) in [6.07, 6.45) is 6.29. The van der Waals surface area contributed by atoms with Crippen LogP contribution >= 0.6 is 17.2 Å². The highest BCUT2D eigenvalue weighted by atomic mass is 31.1. The number of ether oxygens (including phenoxy) is 5. The lowest BCUT2D eigenvalue weighted by Crippen LogP contribution is -2.32. The molecule has 8 heteroatoms. The van der Waals surface area contributed by atoms with Crippen LogP contribution in [0.3, 0.4) is 0 Å².